The Kier molecular flexibility index (Phi) is 7.97. The van der Waals surface area contributed by atoms with E-state index in [9.17, 15) is 4.79 Å². The molecule has 0 radical (unpaired) electrons. The minimum Gasteiger partial charge on any atom is -0.495 e. The maximum Gasteiger partial charge on any atom is 0.227 e. The van der Waals surface area contributed by atoms with E-state index >= 15 is 0 Å². The average Bonchev–Trinajstić information content (AvgIpc) is 2.77. The molecule has 1 aliphatic rings. The Balaban J connectivity index is 1.35. The molecule has 2 aromatic carbocycles. The number of hydrogen-bond donors (Lipinski definition) is 1. The Morgan fingerprint density at radius 2 is 1.74 bits per heavy atom. The number of nitrogens with zero attached hydrogens (tertiary/aromatic N) is 1. The molecule has 5 nitrogen and oxygen atoms in total. The molecule has 0 atom stereocenters. The van der Waals surface area contributed by atoms with E-state index in [0.717, 1.165) is 50.3 Å². The number of benzene rings is 2. The zero-order valence-corrected chi connectivity index (χ0v) is 19.3. The Morgan fingerprint density at radius 3 is 2.39 bits per heavy atom. The minimum absolute atomic E-state index is 0.0544. The van der Waals surface area contributed by atoms with E-state index in [1.54, 1.807) is 7.11 Å². The summed E-state index contributed by atoms with van der Waals surface area (Å²) >= 11 is 0. The van der Waals surface area contributed by atoms with Gasteiger partial charge in [0, 0.05) is 12.5 Å². The van der Waals surface area contributed by atoms with Crippen molar-refractivity contribution in [3.05, 3.63) is 54.1 Å². The second kappa shape index (κ2) is 10.7. The standard InChI is InChI=1S/C26H36N2O3/c1-26(2,3)21-10-12-22(13-11-21)31-19-7-16-28-17-14-20(15-18-28)25(29)27-23-8-5-6-9-24(23)30-4/h5-6,8-13,20H,7,14-19H2,1-4H3,(H,27,29). The van der Waals surface area contributed by atoms with E-state index in [4.69, 9.17) is 9.47 Å². The van der Waals surface area contributed by atoms with E-state index in [2.05, 4.69) is 55.3 Å². The summed E-state index contributed by atoms with van der Waals surface area (Å²) in [7, 11) is 1.62. The van der Waals surface area contributed by atoms with E-state index < -0.39 is 0 Å². The first-order valence-electron chi connectivity index (χ1n) is 11.3. The number of carbonyl (C=O) groups is 1. The third-order valence-corrected chi connectivity index (χ3v) is 5.93. The zero-order chi connectivity index (χ0) is 22.3. The molecule has 0 aromatic heterocycles. The third-order valence-electron chi connectivity index (χ3n) is 5.93. The first-order valence-corrected chi connectivity index (χ1v) is 11.3. The quantitative estimate of drug-likeness (QED) is 0.598. The number of anilines is 1. The summed E-state index contributed by atoms with van der Waals surface area (Å²) in [6, 6.07) is 16.0. The van der Waals surface area contributed by atoms with Gasteiger partial charge in [0.25, 0.3) is 0 Å². The van der Waals surface area contributed by atoms with Gasteiger partial charge in [-0.3, -0.25) is 4.79 Å². The number of piperidine rings is 1. The predicted octanol–water partition coefficient (Wildman–Crippen LogP) is 5.11. The highest BCUT2D eigenvalue weighted by Crippen LogP contribution is 2.26. The van der Waals surface area contributed by atoms with Gasteiger partial charge in [0.2, 0.25) is 5.91 Å². The molecule has 1 heterocycles. The van der Waals surface area contributed by atoms with Crippen LogP contribution in [0.3, 0.4) is 0 Å². The van der Waals surface area contributed by atoms with Gasteiger partial charge in [-0.05, 0) is 67.6 Å². The number of carbonyl (C=O) groups excluding carboxylic acids is 1. The van der Waals surface area contributed by atoms with Gasteiger partial charge < -0.3 is 19.7 Å². The Labute approximate surface area is 186 Å². The van der Waals surface area contributed by atoms with Crippen molar-refractivity contribution in [2.75, 3.05) is 38.7 Å². The van der Waals surface area contributed by atoms with Crippen LogP contribution in [0.25, 0.3) is 0 Å². The fourth-order valence-electron chi connectivity index (χ4n) is 3.93. The van der Waals surface area contributed by atoms with E-state index in [1.165, 1.54) is 5.56 Å². The van der Waals surface area contributed by atoms with Gasteiger partial charge in [-0.2, -0.15) is 0 Å². The summed E-state index contributed by atoms with van der Waals surface area (Å²) in [4.78, 5) is 15.1. The Morgan fingerprint density at radius 1 is 1.06 bits per heavy atom. The molecule has 0 saturated carbocycles. The molecule has 0 bridgehead atoms. The summed E-state index contributed by atoms with van der Waals surface area (Å²) in [6.07, 6.45) is 2.76. The highest BCUT2D eigenvalue weighted by Gasteiger charge is 2.25. The van der Waals surface area contributed by atoms with Crippen LogP contribution < -0.4 is 14.8 Å². The molecule has 168 valence electrons. The monoisotopic (exact) mass is 424 g/mol. The molecule has 1 fully saturated rings. The lowest BCUT2D eigenvalue weighted by atomic mass is 9.87. The van der Waals surface area contributed by atoms with Crippen LogP contribution in [-0.2, 0) is 10.2 Å². The van der Waals surface area contributed by atoms with Crippen LogP contribution in [0.1, 0.15) is 45.6 Å². The maximum absolute atomic E-state index is 12.6. The van der Waals surface area contributed by atoms with Crippen LogP contribution in [0.5, 0.6) is 11.5 Å². The SMILES string of the molecule is COc1ccccc1NC(=O)C1CCN(CCCOc2ccc(C(C)(C)C)cc2)CC1. The average molecular weight is 425 g/mol. The molecule has 5 heteroatoms. The largest absolute Gasteiger partial charge is 0.495 e. The van der Waals surface area contributed by atoms with Crippen LogP contribution in [-0.4, -0.2) is 44.2 Å². The fourth-order valence-corrected chi connectivity index (χ4v) is 3.93. The summed E-state index contributed by atoms with van der Waals surface area (Å²) in [5, 5.41) is 3.03. The van der Waals surface area contributed by atoms with Crippen molar-refractivity contribution < 1.29 is 14.3 Å². The number of para-hydroxylation sites is 2. The zero-order valence-electron chi connectivity index (χ0n) is 19.3. The van der Waals surface area contributed by atoms with Gasteiger partial charge >= 0.3 is 0 Å². The molecule has 3 rings (SSSR count). The van der Waals surface area contributed by atoms with E-state index in [-0.39, 0.29) is 17.2 Å². The van der Waals surface area contributed by atoms with Crippen molar-refractivity contribution in [1.29, 1.82) is 0 Å². The fraction of sp³-hybridized carbons (Fsp3) is 0.500. The molecular formula is C26H36N2O3. The second-order valence-electron chi connectivity index (χ2n) is 9.28. The van der Waals surface area contributed by atoms with Crippen molar-refractivity contribution in [1.82, 2.24) is 4.90 Å². The van der Waals surface area contributed by atoms with Crippen molar-refractivity contribution in [3.63, 3.8) is 0 Å². The van der Waals surface area contributed by atoms with Crippen LogP contribution in [0, 0.1) is 5.92 Å². The van der Waals surface area contributed by atoms with E-state index in [1.807, 2.05) is 24.3 Å². The highest BCUT2D eigenvalue weighted by molar-refractivity contribution is 5.94. The van der Waals surface area contributed by atoms with Crippen LogP contribution >= 0.6 is 0 Å². The number of rotatable bonds is 8. The Hall–Kier alpha value is -2.53. The lowest BCUT2D eigenvalue weighted by Crippen LogP contribution is -2.38. The number of likely N-dealkylation sites (tertiary alicyclic amines) is 1. The smallest absolute Gasteiger partial charge is 0.227 e. The summed E-state index contributed by atoms with van der Waals surface area (Å²) in [6.45, 7) is 10.3. The number of hydrogen-bond acceptors (Lipinski definition) is 4. The molecule has 1 saturated heterocycles. The number of amides is 1. The first kappa shape index (κ1) is 23.1. The molecule has 1 N–H and O–H groups in total. The lowest BCUT2D eigenvalue weighted by Gasteiger charge is -2.31. The van der Waals surface area contributed by atoms with Gasteiger partial charge in [-0.15, -0.1) is 0 Å². The predicted molar refractivity (Wildman–Crippen MR) is 126 cm³/mol. The number of nitrogens with one attached hydrogen (secondary N) is 1. The lowest BCUT2D eigenvalue weighted by molar-refractivity contribution is -0.121. The molecule has 1 amide bonds. The van der Waals surface area contributed by atoms with Gasteiger partial charge in [0.15, 0.2) is 0 Å². The molecule has 0 aliphatic carbocycles. The normalized spacial score (nSPS) is 15.5. The van der Waals surface area contributed by atoms with Crippen LogP contribution in [0.15, 0.2) is 48.5 Å². The molecule has 1 aliphatic heterocycles. The molecular weight excluding hydrogens is 388 g/mol. The van der Waals surface area contributed by atoms with Crippen molar-refractivity contribution in [2.45, 2.75) is 45.4 Å². The number of ether oxygens (including phenoxy) is 2. The van der Waals surface area contributed by atoms with Crippen molar-refractivity contribution in [2.24, 2.45) is 5.92 Å². The van der Waals surface area contributed by atoms with E-state index in [0.29, 0.717) is 12.4 Å². The van der Waals surface area contributed by atoms with Gasteiger partial charge in [0.1, 0.15) is 11.5 Å². The second-order valence-corrected chi connectivity index (χ2v) is 9.28. The summed E-state index contributed by atoms with van der Waals surface area (Å²) < 4.78 is 11.2. The van der Waals surface area contributed by atoms with Gasteiger partial charge in [-0.1, -0.05) is 45.0 Å². The van der Waals surface area contributed by atoms with Crippen LogP contribution in [0.4, 0.5) is 5.69 Å². The van der Waals surface area contributed by atoms with Crippen molar-refractivity contribution in [3.8, 4) is 11.5 Å². The topological polar surface area (TPSA) is 50.8 Å². The third kappa shape index (κ3) is 6.73. The molecule has 31 heavy (non-hydrogen) atoms. The minimum atomic E-state index is 0.0544. The van der Waals surface area contributed by atoms with Gasteiger partial charge in [-0.25, -0.2) is 0 Å². The summed E-state index contributed by atoms with van der Waals surface area (Å²) in [5.41, 5.74) is 2.22. The maximum atomic E-state index is 12.6. The molecule has 0 spiro atoms. The summed E-state index contributed by atoms with van der Waals surface area (Å²) in [5.74, 6) is 1.77. The number of methoxy groups -OCH3 is 1. The highest BCUT2D eigenvalue weighted by atomic mass is 16.5. The van der Waals surface area contributed by atoms with Crippen LogP contribution in [0.2, 0.25) is 0 Å². The Bertz CT molecular complexity index is 834. The van der Waals surface area contributed by atoms with Gasteiger partial charge in [0.05, 0.1) is 19.4 Å². The molecule has 0 unspecified atom stereocenters. The van der Waals surface area contributed by atoms with Crippen molar-refractivity contribution >= 4 is 11.6 Å². The molecule has 2 aromatic rings. The first-order chi connectivity index (χ1) is 14.9.